The minimum atomic E-state index is -0.403. The lowest BCUT2D eigenvalue weighted by atomic mass is 10.1. The average molecular weight is 227 g/mol. The summed E-state index contributed by atoms with van der Waals surface area (Å²) in [7, 11) is 0. The zero-order valence-electron chi connectivity index (χ0n) is 10.1. The number of amides is 1. The number of ether oxygens (including phenoxy) is 2. The molecule has 0 aliphatic carbocycles. The molecule has 4 heteroatoms. The molecule has 1 aliphatic rings. The number of nitrogens with two attached hydrogens (primary N) is 1. The van der Waals surface area contributed by atoms with Gasteiger partial charge in [0.25, 0.3) is 0 Å². The monoisotopic (exact) mass is 227 g/mol. The largest absolute Gasteiger partial charge is 0.375 e. The van der Waals surface area contributed by atoms with Gasteiger partial charge in [0.1, 0.15) is 6.10 Å². The zero-order valence-corrected chi connectivity index (χ0v) is 10.1. The molecular formula is C12H21NO3. The smallest absolute Gasteiger partial charge is 0.244 e. The van der Waals surface area contributed by atoms with Gasteiger partial charge < -0.3 is 15.2 Å². The SMILES string of the molecule is C=C(C(N)=O)C(C)C.C=CCOCC1CO1. The van der Waals surface area contributed by atoms with Crippen LogP contribution in [0.1, 0.15) is 13.8 Å². The number of hydrogen-bond acceptors (Lipinski definition) is 3. The lowest BCUT2D eigenvalue weighted by Crippen LogP contribution is -2.16. The molecule has 0 aromatic rings. The number of primary amides is 1. The van der Waals surface area contributed by atoms with Crippen LogP contribution in [0.4, 0.5) is 0 Å². The standard InChI is InChI=1S/C6H11NO.C6H10O2/c1-4(2)5(3)6(7)8;1-2-3-7-4-6-5-8-6/h4H,3H2,1-2H3,(H2,7,8);2,6H,1,3-5H2. The fourth-order valence-corrected chi connectivity index (χ4v) is 0.732. The maximum atomic E-state index is 10.3. The van der Waals surface area contributed by atoms with E-state index in [0.717, 1.165) is 13.2 Å². The van der Waals surface area contributed by atoms with Crippen molar-refractivity contribution in [3.8, 4) is 0 Å². The summed E-state index contributed by atoms with van der Waals surface area (Å²) in [5, 5.41) is 0. The maximum absolute atomic E-state index is 10.3. The predicted molar refractivity (Wildman–Crippen MR) is 63.9 cm³/mol. The van der Waals surface area contributed by atoms with Crippen molar-refractivity contribution < 1.29 is 14.3 Å². The van der Waals surface area contributed by atoms with Crippen LogP contribution in [0.5, 0.6) is 0 Å². The Bertz CT molecular complexity index is 245. The van der Waals surface area contributed by atoms with E-state index < -0.39 is 5.91 Å². The number of hydrogen-bond donors (Lipinski definition) is 1. The third kappa shape index (κ3) is 8.20. The molecule has 1 rings (SSSR count). The van der Waals surface area contributed by atoms with Gasteiger partial charge in [0.15, 0.2) is 0 Å². The van der Waals surface area contributed by atoms with Gasteiger partial charge in [0.2, 0.25) is 5.91 Å². The number of rotatable bonds is 6. The van der Waals surface area contributed by atoms with Gasteiger partial charge in [-0.1, -0.05) is 26.5 Å². The molecule has 1 atom stereocenters. The highest BCUT2D eigenvalue weighted by Crippen LogP contribution is 2.07. The highest BCUT2D eigenvalue weighted by molar-refractivity contribution is 5.91. The maximum Gasteiger partial charge on any atom is 0.244 e. The second-order valence-corrected chi connectivity index (χ2v) is 3.83. The van der Waals surface area contributed by atoms with E-state index in [-0.39, 0.29) is 5.92 Å². The van der Waals surface area contributed by atoms with E-state index in [4.69, 9.17) is 15.2 Å². The third-order valence-electron chi connectivity index (χ3n) is 1.96. The Kier molecular flexibility index (Phi) is 7.50. The van der Waals surface area contributed by atoms with Crippen LogP contribution in [0, 0.1) is 5.92 Å². The molecule has 1 fully saturated rings. The topological polar surface area (TPSA) is 64.9 Å². The Morgan fingerprint density at radius 1 is 1.69 bits per heavy atom. The summed E-state index contributed by atoms with van der Waals surface area (Å²) in [5.74, 6) is -0.229. The summed E-state index contributed by atoms with van der Waals surface area (Å²) >= 11 is 0. The van der Waals surface area contributed by atoms with E-state index in [2.05, 4.69) is 13.2 Å². The van der Waals surface area contributed by atoms with E-state index in [1.807, 2.05) is 13.8 Å². The molecule has 0 aromatic heterocycles. The fraction of sp³-hybridized carbons (Fsp3) is 0.583. The summed E-state index contributed by atoms with van der Waals surface area (Å²) in [4.78, 5) is 10.3. The second kappa shape index (κ2) is 8.07. The molecule has 0 spiro atoms. The van der Waals surface area contributed by atoms with Crippen molar-refractivity contribution in [1.82, 2.24) is 0 Å². The Hall–Kier alpha value is -1.13. The van der Waals surface area contributed by atoms with Gasteiger partial charge in [0, 0.05) is 5.57 Å². The van der Waals surface area contributed by atoms with Gasteiger partial charge in [-0.05, 0) is 5.92 Å². The van der Waals surface area contributed by atoms with Gasteiger partial charge in [-0.15, -0.1) is 6.58 Å². The second-order valence-electron chi connectivity index (χ2n) is 3.83. The first kappa shape index (κ1) is 14.9. The van der Waals surface area contributed by atoms with Gasteiger partial charge in [0.05, 0.1) is 19.8 Å². The van der Waals surface area contributed by atoms with Gasteiger partial charge in [-0.3, -0.25) is 4.79 Å². The summed E-state index contributed by atoms with van der Waals surface area (Å²) in [5.41, 5.74) is 5.39. The average Bonchev–Trinajstić information content (AvgIpc) is 3.01. The summed E-state index contributed by atoms with van der Waals surface area (Å²) in [6, 6.07) is 0. The highest BCUT2D eigenvalue weighted by Gasteiger charge is 2.21. The molecule has 1 saturated heterocycles. The first-order chi connectivity index (χ1) is 7.49. The van der Waals surface area contributed by atoms with Crippen molar-refractivity contribution in [1.29, 1.82) is 0 Å². The van der Waals surface area contributed by atoms with Crippen LogP contribution in [0.3, 0.4) is 0 Å². The van der Waals surface area contributed by atoms with Gasteiger partial charge >= 0.3 is 0 Å². The minimum absolute atomic E-state index is 0.174. The van der Waals surface area contributed by atoms with E-state index >= 15 is 0 Å². The molecule has 2 N–H and O–H groups in total. The number of carbonyl (C=O) groups is 1. The third-order valence-corrected chi connectivity index (χ3v) is 1.96. The minimum Gasteiger partial charge on any atom is -0.375 e. The van der Waals surface area contributed by atoms with Crippen LogP contribution >= 0.6 is 0 Å². The molecule has 1 heterocycles. The highest BCUT2D eigenvalue weighted by atomic mass is 16.6. The van der Waals surface area contributed by atoms with Crippen molar-refractivity contribution in [2.45, 2.75) is 20.0 Å². The Morgan fingerprint density at radius 3 is 2.50 bits per heavy atom. The van der Waals surface area contributed by atoms with Crippen LogP contribution < -0.4 is 5.73 Å². The number of epoxide rings is 1. The lowest BCUT2D eigenvalue weighted by Gasteiger charge is -2.01. The Labute approximate surface area is 97.1 Å². The van der Waals surface area contributed by atoms with Gasteiger partial charge in [-0.2, -0.15) is 0 Å². The molecule has 0 aromatic carbocycles. The molecule has 1 aliphatic heterocycles. The van der Waals surface area contributed by atoms with E-state index in [1.165, 1.54) is 0 Å². The van der Waals surface area contributed by atoms with Crippen molar-refractivity contribution in [3.63, 3.8) is 0 Å². The number of carbonyl (C=O) groups excluding carboxylic acids is 1. The Morgan fingerprint density at radius 2 is 2.25 bits per heavy atom. The first-order valence-electron chi connectivity index (χ1n) is 5.27. The van der Waals surface area contributed by atoms with E-state index in [1.54, 1.807) is 6.08 Å². The fourth-order valence-electron chi connectivity index (χ4n) is 0.732. The lowest BCUT2D eigenvalue weighted by molar-refractivity contribution is -0.114. The van der Waals surface area contributed by atoms with Crippen molar-refractivity contribution in [2.75, 3.05) is 19.8 Å². The van der Waals surface area contributed by atoms with Crippen molar-refractivity contribution in [3.05, 3.63) is 24.8 Å². The molecule has 0 saturated carbocycles. The predicted octanol–water partition coefficient (Wildman–Crippen LogP) is 1.27. The molecule has 0 radical (unpaired) electrons. The Balaban J connectivity index is 0.000000281. The molecule has 4 nitrogen and oxygen atoms in total. The molecule has 0 bridgehead atoms. The molecular weight excluding hydrogens is 206 g/mol. The van der Waals surface area contributed by atoms with Crippen molar-refractivity contribution in [2.24, 2.45) is 11.7 Å². The molecule has 92 valence electrons. The molecule has 1 amide bonds. The normalized spacial score (nSPS) is 17.3. The van der Waals surface area contributed by atoms with Crippen LogP contribution in [0.25, 0.3) is 0 Å². The summed E-state index contributed by atoms with van der Waals surface area (Å²) in [6.45, 7) is 13.0. The molecule has 1 unspecified atom stereocenters. The molecule has 16 heavy (non-hydrogen) atoms. The van der Waals surface area contributed by atoms with Crippen molar-refractivity contribution >= 4 is 5.91 Å². The van der Waals surface area contributed by atoms with Gasteiger partial charge in [-0.25, -0.2) is 0 Å². The van der Waals surface area contributed by atoms with Crippen LogP contribution in [0.2, 0.25) is 0 Å². The van der Waals surface area contributed by atoms with Crippen LogP contribution in [0.15, 0.2) is 24.8 Å². The van der Waals surface area contributed by atoms with Crippen LogP contribution in [-0.2, 0) is 14.3 Å². The zero-order chi connectivity index (χ0) is 12.6. The summed E-state index contributed by atoms with van der Waals surface area (Å²) < 4.78 is 9.96. The van der Waals surface area contributed by atoms with E-state index in [0.29, 0.717) is 18.3 Å². The quantitative estimate of drug-likeness (QED) is 0.322. The van der Waals surface area contributed by atoms with Crippen LogP contribution in [-0.4, -0.2) is 31.8 Å². The summed E-state index contributed by atoms with van der Waals surface area (Å²) in [6.07, 6.45) is 2.12. The van der Waals surface area contributed by atoms with E-state index in [9.17, 15) is 4.79 Å². The first-order valence-corrected chi connectivity index (χ1v) is 5.27.